The summed E-state index contributed by atoms with van der Waals surface area (Å²) in [6.45, 7) is 12.3. The van der Waals surface area contributed by atoms with Gasteiger partial charge in [-0.15, -0.1) is 0 Å². The summed E-state index contributed by atoms with van der Waals surface area (Å²) in [5.74, 6) is -1.26. The molecule has 0 spiro atoms. The molecule has 0 heterocycles. The Morgan fingerprint density at radius 3 is 1.80 bits per heavy atom. The van der Waals surface area contributed by atoms with Gasteiger partial charge >= 0.3 is 24.1 Å². The first kappa shape index (κ1) is 40.3. The van der Waals surface area contributed by atoms with Crippen molar-refractivity contribution < 1.29 is 42.9 Å². The standard InChI is InChI=1S/C44H50N2O9/c1-28(38(46-42(50)55-44(5,6)7)40(48)51-26-30-15-9-8-10-16-30)53-39(47)37(25-29-21-23-31(24-22-29)54-43(2,3)4)45-41(49)52-27-36-34-19-13-11-17-32(34)33-18-12-14-20-35(33)36/h8-24,28,36-38H,25-27H2,1-7H3,(H,45,49)(H,46,50)/t28-,37+,38+/m1/s1. The van der Waals surface area contributed by atoms with E-state index >= 15 is 0 Å². The van der Waals surface area contributed by atoms with E-state index in [4.69, 9.17) is 23.7 Å². The second-order valence-electron chi connectivity index (χ2n) is 15.4. The van der Waals surface area contributed by atoms with Crippen LogP contribution >= 0.6 is 0 Å². The van der Waals surface area contributed by atoms with E-state index in [1.807, 2.05) is 75.4 Å². The number of alkyl carbamates (subject to hydrolysis) is 2. The highest BCUT2D eigenvalue weighted by Gasteiger charge is 2.36. The van der Waals surface area contributed by atoms with Gasteiger partial charge < -0.3 is 34.3 Å². The summed E-state index contributed by atoms with van der Waals surface area (Å²) in [4.78, 5) is 53.7. The molecule has 4 aromatic rings. The Kier molecular flexibility index (Phi) is 12.9. The quantitative estimate of drug-likeness (QED) is 0.103. The molecule has 0 unspecified atom stereocenters. The zero-order chi connectivity index (χ0) is 39.8. The molecule has 0 bridgehead atoms. The van der Waals surface area contributed by atoms with Gasteiger partial charge in [-0.3, -0.25) is 0 Å². The summed E-state index contributed by atoms with van der Waals surface area (Å²) in [6, 6.07) is 29.4. The van der Waals surface area contributed by atoms with Crippen molar-refractivity contribution in [1.29, 1.82) is 0 Å². The van der Waals surface area contributed by atoms with Gasteiger partial charge in [0, 0.05) is 12.3 Å². The summed E-state index contributed by atoms with van der Waals surface area (Å²) in [6.07, 6.45) is -2.94. The van der Waals surface area contributed by atoms with Gasteiger partial charge in [0.05, 0.1) is 0 Å². The van der Waals surface area contributed by atoms with Crippen molar-refractivity contribution in [3.05, 3.63) is 125 Å². The number of carbonyl (C=O) groups excluding carboxylic acids is 4. The van der Waals surface area contributed by atoms with Gasteiger partial charge in [-0.25, -0.2) is 19.2 Å². The van der Waals surface area contributed by atoms with Crippen molar-refractivity contribution in [1.82, 2.24) is 10.6 Å². The lowest BCUT2D eigenvalue weighted by Crippen LogP contribution is -2.53. The van der Waals surface area contributed by atoms with Crippen LogP contribution in [0, 0.1) is 0 Å². The first-order chi connectivity index (χ1) is 26.1. The third kappa shape index (κ3) is 11.6. The average molecular weight is 751 g/mol. The van der Waals surface area contributed by atoms with E-state index in [9.17, 15) is 19.2 Å². The van der Waals surface area contributed by atoms with Crippen LogP contribution in [-0.4, -0.2) is 60.1 Å². The summed E-state index contributed by atoms with van der Waals surface area (Å²) >= 11 is 0. The first-order valence-electron chi connectivity index (χ1n) is 18.4. The molecule has 2 N–H and O–H groups in total. The minimum absolute atomic E-state index is 0.0220. The fourth-order valence-corrected chi connectivity index (χ4v) is 6.21. The number of hydrogen-bond acceptors (Lipinski definition) is 9. The zero-order valence-electron chi connectivity index (χ0n) is 32.4. The lowest BCUT2D eigenvalue weighted by atomic mass is 9.98. The number of esters is 2. The molecule has 11 heteroatoms. The van der Waals surface area contributed by atoms with Crippen LogP contribution in [0.25, 0.3) is 11.1 Å². The predicted octanol–water partition coefficient (Wildman–Crippen LogP) is 7.88. The van der Waals surface area contributed by atoms with E-state index in [-0.39, 0.29) is 25.6 Å². The maximum Gasteiger partial charge on any atom is 0.408 e. The van der Waals surface area contributed by atoms with E-state index < -0.39 is 53.5 Å². The summed E-state index contributed by atoms with van der Waals surface area (Å²) < 4.78 is 28.4. The van der Waals surface area contributed by atoms with Gasteiger partial charge in [-0.1, -0.05) is 91.0 Å². The van der Waals surface area contributed by atoms with Crippen LogP contribution in [-0.2, 0) is 41.6 Å². The van der Waals surface area contributed by atoms with Crippen LogP contribution in [0.1, 0.15) is 76.6 Å². The van der Waals surface area contributed by atoms with Crippen molar-refractivity contribution in [2.45, 2.75) is 96.8 Å². The topological polar surface area (TPSA) is 138 Å². The fourth-order valence-electron chi connectivity index (χ4n) is 6.21. The van der Waals surface area contributed by atoms with Gasteiger partial charge in [0.2, 0.25) is 0 Å². The largest absolute Gasteiger partial charge is 0.488 e. The second kappa shape index (κ2) is 17.5. The molecule has 1 aliphatic carbocycles. The molecule has 0 saturated heterocycles. The van der Waals surface area contributed by atoms with Crippen molar-refractivity contribution in [3.63, 3.8) is 0 Å². The zero-order valence-corrected chi connectivity index (χ0v) is 32.4. The highest BCUT2D eigenvalue weighted by Crippen LogP contribution is 2.44. The van der Waals surface area contributed by atoms with Crippen molar-refractivity contribution in [3.8, 4) is 16.9 Å². The van der Waals surface area contributed by atoms with Gasteiger partial charge in [-0.05, 0) is 94.0 Å². The van der Waals surface area contributed by atoms with Crippen LogP contribution in [0.3, 0.4) is 0 Å². The molecule has 4 aromatic carbocycles. The predicted molar refractivity (Wildman–Crippen MR) is 207 cm³/mol. The van der Waals surface area contributed by atoms with Gasteiger partial charge in [0.25, 0.3) is 0 Å². The van der Waals surface area contributed by atoms with E-state index in [1.54, 1.807) is 69.3 Å². The van der Waals surface area contributed by atoms with Gasteiger partial charge in [0.1, 0.15) is 42.3 Å². The third-order valence-electron chi connectivity index (χ3n) is 8.63. The number of ether oxygens (including phenoxy) is 5. The Balaban J connectivity index is 1.33. The van der Waals surface area contributed by atoms with Gasteiger partial charge in [0.15, 0.2) is 6.04 Å². The van der Waals surface area contributed by atoms with E-state index in [0.717, 1.165) is 27.8 Å². The van der Waals surface area contributed by atoms with E-state index in [2.05, 4.69) is 10.6 Å². The first-order valence-corrected chi connectivity index (χ1v) is 18.4. The second-order valence-corrected chi connectivity index (χ2v) is 15.4. The lowest BCUT2D eigenvalue weighted by molar-refractivity contribution is -0.159. The number of carbonyl (C=O) groups is 4. The summed E-state index contributed by atoms with van der Waals surface area (Å²) in [5, 5.41) is 5.18. The van der Waals surface area contributed by atoms with E-state index in [0.29, 0.717) is 11.3 Å². The minimum Gasteiger partial charge on any atom is -0.488 e. The number of benzene rings is 4. The number of fused-ring (bicyclic) bond motifs is 3. The molecule has 0 fully saturated rings. The van der Waals surface area contributed by atoms with Crippen molar-refractivity contribution >= 4 is 24.1 Å². The van der Waals surface area contributed by atoms with E-state index in [1.165, 1.54) is 6.92 Å². The molecule has 0 saturated carbocycles. The Labute approximate surface area is 322 Å². The molecule has 290 valence electrons. The maximum absolute atomic E-state index is 13.9. The smallest absolute Gasteiger partial charge is 0.408 e. The highest BCUT2D eigenvalue weighted by molar-refractivity contribution is 5.85. The van der Waals surface area contributed by atoms with Crippen LogP contribution in [0.2, 0.25) is 0 Å². The maximum atomic E-state index is 13.9. The molecule has 5 rings (SSSR count). The molecule has 0 radical (unpaired) electrons. The Morgan fingerprint density at radius 1 is 0.636 bits per heavy atom. The Morgan fingerprint density at radius 2 is 1.22 bits per heavy atom. The number of amides is 2. The number of hydrogen-bond donors (Lipinski definition) is 2. The fraction of sp³-hybridized carbons (Fsp3) is 0.364. The molecule has 55 heavy (non-hydrogen) atoms. The minimum atomic E-state index is -1.44. The molecule has 11 nitrogen and oxygen atoms in total. The van der Waals surface area contributed by atoms with Gasteiger partial charge in [-0.2, -0.15) is 0 Å². The number of nitrogens with one attached hydrogen (secondary N) is 2. The summed E-state index contributed by atoms with van der Waals surface area (Å²) in [7, 11) is 0. The summed E-state index contributed by atoms with van der Waals surface area (Å²) in [5.41, 5.74) is 4.39. The molecule has 0 aliphatic heterocycles. The molecule has 2 amide bonds. The molecular formula is C44H50N2O9. The van der Waals surface area contributed by atoms with Crippen molar-refractivity contribution in [2.24, 2.45) is 0 Å². The van der Waals surface area contributed by atoms with Crippen LogP contribution in [0.15, 0.2) is 103 Å². The normalized spacial score (nSPS) is 13.9. The molecule has 3 atom stereocenters. The third-order valence-corrected chi connectivity index (χ3v) is 8.63. The average Bonchev–Trinajstić information content (AvgIpc) is 3.45. The van der Waals surface area contributed by atoms with Crippen LogP contribution in [0.4, 0.5) is 9.59 Å². The SMILES string of the molecule is C[C@@H](OC(=O)[C@H](Cc1ccc(OC(C)(C)C)cc1)NC(=O)OCC1c2ccccc2-c2ccccc21)[C@H](NC(=O)OC(C)(C)C)C(=O)OCc1ccccc1. The molecular weight excluding hydrogens is 700 g/mol. The van der Waals surface area contributed by atoms with Crippen LogP contribution in [0.5, 0.6) is 5.75 Å². The highest BCUT2D eigenvalue weighted by atomic mass is 16.6. The lowest BCUT2D eigenvalue weighted by Gasteiger charge is -2.27. The Hall–Kier alpha value is -5.84. The monoisotopic (exact) mass is 750 g/mol. The Bertz CT molecular complexity index is 1900. The van der Waals surface area contributed by atoms with Crippen LogP contribution < -0.4 is 15.4 Å². The molecule has 1 aliphatic rings. The molecule has 0 aromatic heterocycles. The van der Waals surface area contributed by atoms with Crippen molar-refractivity contribution in [2.75, 3.05) is 6.61 Å². The number of rotatable bonds is 13.